The summed E-state index contributed by atoms with van der Waals surface area (Å²) >= 11 is 0. The fourth-order valence-electron chi connectivity index (χ4n) is 4.63. The molecule has 1 aliphatic rings. The molecule has 0 aliphatic carbocycles. The number of hydrogen-bond donors (Lipinski definition) is 1. The number of ether oxygens (including phenoxy) is 2. The van der Waals surface area contributed by atoms with Gasteiger partial charge in [-0.25, -0.2) is 32.9 Å². The smallest absolute Gasteiger partial charge is 0.354 e. The third-order valence-corrected chi connectivity index (χ3v) is 7.01. The molecule has 1 fully saturated rings. The van der Waals surface area contributed by atoms with Crippen molar-refractivity contribution in [2.45, 2.75) is 32.1 Å². The van der Waals surface area contributed by atoms with Crippen LogP contribution in [0.1, 0.15) is 39.4 Å². The summed E-state index contributed by atoms with van der Waals surface area (Å²) in [5.41, 5.74) is 1.16. The number of imidazole rings is 1. The highest BCUT2D eigenvalue weighted by molar-refractivity contribution is 5.88. The average Bonchev–Trinajstić information content (AvgIpc) is 3.31. The summed E-state index contributed by atoms with van der Waals surface area (Å²) in [4.78, 5) is 28.1. The predicted molar refractivity (Wildman–Crippen MR) is 144 cm³/mol. The van der Waals surface area contributed by atoms with Crippen LogP contribution in [0.4, 0.5) is 13.2 Å². The molecule has 0 radical (unpaired) electrons. The van der Waals surface area contributed by atoms with Crippen LogP contribution in [0, 0.1) is 28.8 Å². The van der Waals surface area contributed by atoms with Gasteiger partial charge in [0.15, 0.2) is 17.2 Å². The number of pyridine rings is 1. The van der Waals surface area contributed by atoms with E-state index in [-0.39, 0.29) is 58.8 Å². The standard InChI is InChI=1S/C30H21F3N6O4/c31-21-9-16(12-34)1-2-19(21)15-43-30-35-13-23(33)27(38-30)18-4-3-17(22(32)10-18)11-26-36-24-5-6-25(29(40)41)37-28(24)39(26)14-20-7-8-42-20/h1-6,9-10,13,20H,7-8,11,14-15H2,(H,40,41). The Morgan fingerprint density at radius 1 is 1.05 bits per heavy atom. The Hall–Kier alpha value is -5.35. The fourth-order valence-corrected chi connectivity index (χ4v) is 4.63. The van der Waals surface area contributed by atoms with E-state index in [1.54, 1.807) is 10.6 Å². The highest BCUT2D eigenvalue weighted by Gasteiger charge is 2.24. The number of rotatable bonds is 9. The third kappa shape index (κ3) is 5.73. The van der Waals surface area contributed by atoms with Crippen molar-refractivity contribution in [3.63, 3.8) is 0 Å². The first kappa shape index (κ1) is 27.8. The molecule has 2 aromatic carbocycles. The van der Waals surface area contributed by atoms with E-state index in [2.05, 4.69) is 19.9 Å². The quantitative estimate of drug-likeness (QED) is 0.257. The molecule has 5 aromatic rings. The third-order valence-electron chi connectivity index (χ3n) is 7.01. The number of carboxylic acids is 1. The Labute approximate surface area is 242 Å². The molecule has 0 amide bonds. The van der Waals surface area contributed by atoms with Gasteiger partial charge in [-0.05, 0) is 42.3 Å². The Balaban J connectivity index is 1.25. The zero-order valence-corrected chi connectivity index (χ0v) is 22.3. The SMILES string of the molecule is N#Cc1ccc(COc2ncc(F)c(-c3ccc(Cc4nc5ccc(C(=O)O)nc5n4CC4CCO4)c(F)c3)n2)c(F)c1. The van der Waals surface area contributed by atoms with E-state index < -0.39 is 23.4 Å². The summed E-state index contributed by atoms with van der Waals surface area (Å²) in [5, 5.41) is 18.3. The molecule has 13 heteroatoms. The van der Waals surface area contributed by atoms with Crippen LogP contribution in [-0.2, 0) is 24.3 Å². The topological polar surface area (TPSA) is 136 Å². The van der Waals surface area contributed by atoms with E-state index in [0.717, 1.165) is 24.8 Å². The number of aromatic carboxylic acids is 1. The second-order valence-corrected chi connectivity index (χ2v) is 9.80. The van der Waals surface area contributed by atoms with Gasteiger partial charge in [0.2, 0.25) is 0 Å². The van der Waals surface area contributed by atoms with Crippen LogP contribution < -0.4 is 4.74 Å². The lowest BCUT2D eigenvalue weighted by molar-refractivity contribution is -0.0590. The summed E-state index contributed by atoms with van der Waals surface area (Å²) in [6.45, 7) is 0.726. The van der Waals surface area contributed by atoms with Crippen LogP contribution in [0.15, 0.2) is 54.7 Å². The van der Waals surface area contributed by atoms with Gasteiger partial charge in [-0.15, -0.1) is 0 Å². The molecule has 3 aromatic heterocycles. The lowest BCUT2D eigenvalue weighted by atomic mass is 10.1. The first-order chi connectivity index (χ1) is 20.8. The van der Waals surface area contributed by atoms with Crippen molar-refractivity contribution in [3.8, 4) is 23.3 Å². The molecule has 10 nitrogen and oxygen atoms in total. The summed E-state index contributed by atoms with van der Waals surface area (Å²) in [6.07, 6.45) is 1.65. The molecule has 1 atom stereocenters. The molecule has 0 bridgehead atoms. The first-order valence-corrected chi connectivity index (χ1v) is 13.1. The van der Waals surface area contributed by atoms with Crippen LogP contribution >= 0.6 is 0 Å². The Morgan fingerprint density at radius 3 is 2.53 bits per heavy atom. The van der Waals surface area contributed by atoms with E-state index >= 15 is 4.39 Å². The van der Waals surface area contributed by atoms with Gasteiger partial charge in [0.05, 0.1) is 30.5 Å². The minimum Gasteiger partial charge on any atom is -0.477 e. The summed E-state index contributed by atoms with van der Waals surface area (Å²) < 4.78 is 57.0. The molecule has 216 valence electrons. The van der Waals surface area contributed by atoms with E-state index in [0.29, 0.717) is 30.1 Å². The highest BCUT2D eigenvalue weighted by Crippen LogP contribution is 2.27. The molecule has 4 heterocycles. The Morgan fingerprint density at radius 2 is 1.84 bits per heavy atom. The average molecular weight is 587 g/mol. The number of aromatic nitrogens is 5. The van der Waals surface area contributed by atoms with Gasteiger partial charge >= 0.3 is 12.0 Å². The molecule has 0 spiro atoms. The van der Waals surface area contributed by atoms with Crippen molar-refractivity contribution >= 4 is 17.1 Å². The molecule has 43 heavy (non-hydrogen) atoms. The normalized spacial score (nSPS) is 14.3. The predicted octanol–water partition coefficient (Wildman–Crippen LogP) is 4.83. The van der Waals surface area contributed by atoms with E-state index in [9.17, 15) is 18.7 Å². The molecular formula is C30H21F3N6O4. The second kappa shape index (κ2) is 11.5. The summed E-state index contributed by atoms with van der Waals surface area (Å²) in [5.74, 6) is -2.82. The van der Waals surface area contributed by atoms with Crippen molar-refractivity contribution in [3.05, 3.63) is 100 Å². The monoisotopic (exact) mass is 586 g/mol. The minimum atomic E-state index is -1.18. The molecule has 0 saturated carbocycles. The number of carbonyl (C=O) groups is 1. The largest absolute Gasteiger partial charge is 0.477 e. The highest BCUT2D eigenvalue weighted by atomic mass is 19.1. The molecule has 1 N–H and O–H groups in total. The van der Waals surface area contributed by atoms with Crippen LogP contribution in [0.25, 0.3) is 22.4 Å². The maximum absolute atomic E-state index is 15.4. The van der Waals surface area contributed by atoms with Crippen molar-refractivity contribution in [1.82, 2.24) is 24.5 Å². The van der Waals surface area contributed by atoms with Crippen molar-refractivity contribution < 1.29 is 32.5 Å². The van der Waals surface area contributed by atoms with Crippen LogP contribution in [0.2, 0.25) is 0 Å². The number of nitriles is 1. The lowest BCUT2D eigenvalue weighted by Crippen LogP contribution is -2.32. The summed E-state index contributed by atoms with van der Waals surface area (Å²) in [7, 11) is 0. The zero-order valence-electron chi connectivity index (χ0n) is 22.3. The van der Waals surface area contributed by atoms with Gasteiger partial charge in [-0.3, -0.25) is 0 Å². The number of nitrogens with zero attached hydrogens (tertiary/aromatic N) is 6. The fraction of sp³-hybridized carbons (Fsp3) is 0.200. The maximum Gasteiger partial charge on any atom is 0.354 e. The zero-order chi connectivity index (χ0) is 30.1. The first-order valence-electron chi connectivity index (χ1n) is 13.1. The second-order valence-electron chi connectivity index (χ2n) is 9.80. The lowest BCUT2D eigenvalue weighted by Gasteiger charge is -2.27. The van der Waals surface area contributed by atoms with Gasteiger partial charge in [0.25, 0.3) is 0 Å². The van der Waals surface area contributed by atoms with Crippen molar-refractivity contribution in [1.29, 1.82) is 5.26 Å². The van der Waals surface area contributed by atoms with Crippen molar-refractivity contribution in [2.75, 3.05) is 6.61 Å². The maximum atomic E-state index is 15.4. The number of hydrogen-bond acceptors (Lipinski definition) is 8. The number of fused-ring (bicyclic) bond motifs is 1. The van der Waals surface area contributed by atoms with Crippen LogP contribution in [0.3, 0.4) is 0 Å². The van der Waals surface area contributed by atoms with Crippen molar-refractivity contribution in [2.24, 2.45) is 0 Å². The van der Waals surface area contributed by atoms with E-state index in [1.807, 2.05) is 6.07 Å². The van der Waals surface area contributed by atoms with Gasteiger partial charge < -0.3 is 19.1 Å². The summed E-state index contributed by atoms with van der Waals surface area (Å²) in [6, 6.07) is 12.5. The molecular weight excluding hydrogens is 565 g/mol. The number of benzene rings is 2. The van der Waals surface area contributed by atoms with Crippen LogP contribution in [0.5, 0.6) is 6.01 Å². The Bertz CT molecular complexity index is 1920. The van der Waals surface area contributed by atoms with Gasteiger partial charge in [-0.2, -0.15) is 10.2 Å². The van der Waals surface area contributed by atoms with Gasteiger partial charge in [0, 0.05) is 24.2 Å². The van der Waals surface area contributed by atoms with Gasteiger partial charge in [-0.1, -0.05) is 18.2 Å². The van der Waals surface area contributed by atoms with Crippen LogP contribution in [-0.4, -0.2) is 48.3 Å². The molecule has 1 saturated heterocycles. The molecule has 1 unspecified atom stereocenters. The molecule has 6 rings (SSSR count). The Kier molecular flexibility index (Phi) is 7.43. The molecule has 1 aliphatic heterocycles. The number of halogens is 3. The minimum absolute atomic E-state index is 0.0500. The van der Waals surface area contributed by atoms with Gasteiger partial charge in [0.1, 0.15) is 35.3 Å². The number of carboxylic acid groups (broad SMARTS) is 1. The van der Waals surface area contributed by atoms with E-state index in [4.69, 9.17) is 14.7 Å². The van der Waals surface area contributed by atoms with E-state index in [1.165, 1.54) is 30.3 Å².